The maximum Gasteiger partial charge on any atom is 0.191 e. The van der Waals surface area contributed by atoms with Gasteiger partial charge in [0.05, 0.1) is 13.2 Å². The van der Waals surface area contributed by atoms with Gasteiger partial charge >= 0.3 is 0 Å². The van der Waals surface area contributed by atoms with E-state index in [4.69, 9.17) is 10.5 Å². The molecule has 0 bridgehead atoms. The molecule has 0 aromatic heterocycles. The first-order valence-electron chi connectivity index (χ1n) is 6.32. The summed E-state index contributed by atoms with van der Waals surface area (Å²) < 4.78 is 5.45. The summed E-state index contributed by atoms with van der Waals surface area (Å²) in [6, 6.07) is 0. The number of piperidine rings is 1. The van der Waals surface area contributed by atoms with E-state index in [0.717, 1.165) is 19.7 Å². The number of rotatable bonds is 5. The Bertz CT molecular complexity index is 216. The Balaban J connectivity index is 0.00000256. The van der Waals surface area contributed by atoms with Crippen molar-refractivity contribution in [3.05, 3.63) is 0 Å². The Morgan fingerprint density at radius 3 is 2.53 bits per heavy atom. The standard InChI is InChI=1S/C12H25N3O.HI/c1-11(2)10-16-9-6-14-12(13)15-7-4-3-5-8-15;/h11H,3-10H2,1-2H3,(H2,13,14);1H. The lowest BCUT2D eigenvalue weighted by atomic mass is 10.1. The molecule has 0 radical (unpaired) electrons. The number of nitrogens with zero attached hydrogens (tertiary/aromatic N) is 2. The molecule has 1 rings (SSSR count). The zero-order valence-corrected chi connectivity index (χ0v) is 13.4. The summed E-state index contributed by atoms with van der Waals surface area (Å²) in [6.45, 7) is 8.56. The second-order valence-corrected chi connectivity index (χ2v) is 4.76. The summed E-state index contributed by atoms with van der Waals surface area (Å²) in [5, 5.41) is 0. The van der Waals surface area contributed by atoms with Gasteiger partial charge in [-0.1, -0.05) is 13.8 Å². The van der Waals surface area contributed by atoms with E-state index in [1.165, 1.54) is 19.3 Å². The van der Waals surface area contributed by atoms with Crippen LogP contribution in [0.15, 0.2) is 4.99 Å². The highest BCUT2D eigenvalue weighted by Crippen LogP contribution is 2.07. The molecule has 0 saturated carbocycles. The van der Waals surface area contributed by atoms with Crippen molar-refractivity contribution in [3.8, 4) is 0 Å². The molecule has 1 aliphatic rings. The van der Waals surface area contributed by atoms with E-state index in [2.05, 4.69) is 23.7 Å². The Kier molecular flexibility index (Phi) is 9.91. The number of hydrogen-bond donors (Lipinski definition) is 1. The van der Waals surface area contributed by atoms with Crippen LogP contribution in [0.25, 0.3) is 0 Å². The molecule has 0 spiro atoms. The molecule has 0 unspecified atom stereocenters. The zero-order chi connectivity index (χ0) is 11.8. The van der Waals surface area contributed by atoms with Gasteiger partial charge in [0.2, 0.25) is 0 Å². The molecule has 2 N–H and O–H groups in total. The van der Waals surface area contributed by atoms with E-state index in [1.807, 2.05) is 0 Å². The van der Waals surface area contributed by atoms with Gasteiger partial charge in [-0.25, -0.2) is 0 Å². The minimum atomic E-state index is 0. The minimum absolute atomic E-state index is 0. The largest absolute Gasteiger partial charge is 0.379 e. The van der Waals surface area contributed by atoms with Crippen molar-refractivity contribution in [1.29, 1.82) is 0 Å². The van der Waals surface area contributed by atoms with Crippen molar-refractivity contribution in [1.82, 2.24) is 4.90 Å². The minimum Gasteiger partial charge on any atom is -0.379 e. The van der Waals surface area contributed by atoms with Gasteiger partial charge in [0.25, 0.3) is 0 Å². The van der Waals surface area contributed by atoms with Crippen molar-refractivity contribution in [3.63, 3.8) is 0 Å². The number of likely N-dealkylation sites (tertiary alicyclic amines) is 1. The van der Waals surface area contributed by atoms with Crippen LogP contribution in [0.1, 0.15) is 33.1 Å². The lowest BCUT2D eigenvalue weighted by molar-refractivity contribution is 0.116. The van der Waals surface area contributed by atoms with Crippen LogP contribution in [0.3, 0.4) is 0 Å². The van der Waals surface area contributed by atoms with Crippen LogP contribution < -0.4 is 5.73 Å². The Morgan fingerprint density at radius 1 is 1.29 bits per heavy atom. The van der Waals surface area contributed by atoms with Crippen LogP contribution in [0.5, 0.6) is 0 Å². The highest BCUT2D eigenvalue weighted by atomic mass is 127. The van der Waals surface area contributed by atoms with Gasteiger partial charge in [-0.3, -0.25) is 4.99 Å². The zero-order valence-electron chi connectivity index (χ0n) is 11.0. The molecule has 0 atom stereocenters. The van der Waals surface area contributed by atoms with Gasteiger partial charge in [-0.15, -0.1) is 24.0 Å². The fraction of sp³-hybridized carbons (Fsp3) is 0.917. The average Bonchev–Trinajstić information content (AvgIpc) is 2.29. The second-order valence-electron chi connectivity index (χ2n) is 4.76. The van der Waals surface area contributed by atoms with E-state index >= 15 is 0 Å². The summed E-state index contributed by atoms with van der Waals surface area (Å²) >= 11 is 0. The van der Waals surface area contributed by atoms with E-state index in [9.17, 15) is 0 Å². The molecule has 4 nitrogen and oxygen atoms in total. The van der Waals surface area contributed by atoms with Crippen LogP contribution >= 0.6 is 24.0 Å². The summed E-state index contributed by atoms with van der Waals surface area (Å²) in [5.41, 5.74) is 5.91. The summed E-state index contributed by atoms with van der Waals surface area (Å²) in [5.74, 6) is 1.27. The van der Waals surface area contributed by atoms with Crippen LogP contribution in [0.4, 0.5) is 0 Å². The lowest BCUT2D eigenvalue weighted by Gasteiger charge is -2.27. The molecule has 1 fully saturated rings. The molecule has 1 aliphatic heterocycles. The molecule has 1 heterocycles. The SMILES string of the molecule is CC(C)COCCN=C(N)N1CCCCC1.I. The Morgan fingerprint density at radius 2 is 1.94 bits per heavy atom. The average molecular weight is 355 g/mol. The third-order valence-corrected chi connectivity index (χ3v) is 2.64. The third-order valence-electron chi connectivity index (χ3n) is 2.64. The van der Waals surface area contributed by atoms with Crippen molar-refractivity contribution in [2.24, 2.45) is 16.6 Å². The van der Waals surface area contributed by atoms with Gasteiger partial charge in [0, 0.05) is 19.7 Å². The first kappa shape index (κ1) is 17.0. The van der Waals surface area contributed by atoms with Crippen LogP contribution in [-0.4, -0.2) is 43.7 Å². The Labute approximate surface area is 122 Å². The molecule has 5 heteroatoms. The molecular weight excluding hydrogens is 329 g/mol. The van der Waals surface area contributed by atoms with Crippen molar-refractivity contribution in [2.75, 3.05) is 32.8 Å². The van der Waals surface area contributed by atoms with Crippen LogP contribution in [0.2, 0.25) is 0 Å². The molecule has 17 heavy (non-hydrogen) atoms. The number of hydrogen-bond acceptors (Lipinski definition) is 2. The maximum atomic E-state index is 5.91. The van der Waals surface area contributed by atoms with Crippen molar-refractivity contribution >= 4 is 29.9 Å². The van der Waals surface area contributed by atoms with Gasteiger partial charge in [0.15, 0.2) is 5.96 Å². The van der Waals surface area contributed by atoms with Crippen molar-refractivity contribution in [2.45, 2.75) is 33.1 Å². The quantitative estimate of drug-likeness (QED) is 0.356. The highest BCUT2D eigenvalue weighted by Gasteiger charge is 2.11. The molecular formula is C12H26IN3O. The lowest BCUT2D eigenvalue weighted by Crippen LogP contribution is -2.41. The summed E-state index contributed by atoms with van der Waals surface area (Å²) in [6.07, 6.45) is 3.79. The molecule has 1 saturated heterocycles. The molecule has 0 aromatic carbocycles. The second kappa shape index (κ2) is 9.94. The number of halogens is 1. The van der Waals surface area contributed by atoms with E-state index in [-0.39, 0.29) is 24.0 Å². The smallest absolute Gasteiger partial charge is 0.191 e. The molecule has 0 aromatic rings. The summed E-state index contributed by atoms with van der Waals surface area (Å²) in [4.78, 5) is 6.51. The monoisotopic (exact) mass is 355 g/mol. The normalized spacial score (nSPS) is 17.1. The topological polar surface area (TPSA) is 50.9 Å². The third kappa shape index (κ3) is 7.81. The number of ether oxygens (including phenoxy) is 1. The molecule has 102 valence electrons. The first-order chi connectivity index (χ1) is 7.70. The predicted octanol–water partition coefficient (Wildman–Crippen LogP) is 2.08. The maximum absolute atomic E-state index is 5.91. The van der Waals surface area contributed by atoms with Crippen LogP contribution in [-0.2, 0) is 4.74 Å². The predicted molar refractivity (Wildman–Crippen MR) is 83.0 cm³/mol. The van der Waals surface area contributed by atoms with E-state index in [0.29, 0.717) is 25.0 Å². The van der Waals surface area contributed by atoms with E-state index < -0.39 is 0 Å². The van der Waals surface area contributed by atoms with Crippen LogP contribution in [0, 0.1) is 5.92 Å². The fourth-order valence-electron chi connectivity index (χ4n) is 1.77. The number of aliphatic imine (C=N–C) groups is 1. The molecule has 0 aliphatic carbocycles. The highest BCUT2D eigenvalue weighted by molar-refractivity contribution is 14.0. The van der Waals surface area contributed by atoms with Gasteiger partial charge in [-0.2, -0.15) is 0 Å². The van der Waals surface area contributed by atoms with Crippen molar-refractivity contribution < 1.29 is 4.74 Å². The fourth-order valence-corrected chi connectivity index (χ4v) is 1.77. The summed E-state index contributed by atoms with van der Waals surface area (Å²) in [7, 11) is 0. The first-order valence-corrected chi connectivity index (χ1v) is 6.32. The Hall–Kier alpha value is -0.0400. The van der Waals surface area contributed by atoms with Gasteiger partial charge < -0.3 is 15.4 Å². The number of guanidine groups is 1. The van der Waals surface area contributed by atoms with Gasteiger partial charge in [0.1, 0.15) is 0 Å². The van der Waals surface area contributed by atoms with Gasteiger partial charge in [-0.05, 0) is 25.2 Å². The number of nitrogens with two attached hydrogens (primary N) is 1. The molecule has 0 amide bonds. The van der Waals surface area contributed by atoms with E-state index in [1.54, 1.807) is 0 Å².